The lowest BCUT2D eigenvalue weighted by Crippen LogP contribution is -2.12. The number of anilines is 1. The summed E-state index contributed by atoms with van der Waals surface area (Å²) in [7, 11) is 0. The number of benzene rings is 2. The predicted octanol–water partition coefficient (Wildman–Crippen LogP) is 6.65. The molecular weight excluding hydrogens is 399 g/mol. The number of Topliss-reactive ketones (excluding diaryl/α,β-unsaturated/α-hetero) is 1. The molecule has 6 heteroatoms. The first-order valence-corrected chi connectivity index (χ1v) is 10.5. The molecule has 0 unspecified atom stereocenters. The van der Waals surface area contributed by atoms with E-state index in [-0.39, 0.29) is 17.4 Å². The quantitative estimate of drug-likeness (QED) is 0.360. The molecule has 0 bridgehead atoms. The Morgan fingerprint density at radius 1 is 1.17 bits per heavy atom. The van der Waals surface area contributed by atoms with E-state index in [0.717, 1.165) is 18.4 Å². The lowest BCUT2D eigenvalue weighted by atomic mass is 10.0. The van der Waals surface area contributed by atoms with Crippen molar-refractivity contribution in [2.75, 3.05) is 5.32 Å². The number of carbonyl (C=O) groups excluding carboxylic acids is 2. The predicted molar refractivity (Wildman–Crippen MR) is 117 cm³/mol. The van der Waals surface area contributed by atoms with E-state index >= 15 is 0 Å². The van der Waals surface area contributed by atoms with E-state index in [9.17, 15) is 14.0 Å². The third-order valence-corrected chi connectivity index (χ3v) is 6.24. The van der Waals surface area contributed by atoms with Crippen LogP contribution in [0, 0.1) is 25.2 Å². The molecule has 0 aliphatic heterocycles. The smallest absolute Gasteiger partial charge is 0.265 e. The zero-order valence-electron chi connectivity index (χ0n) is 16.4. The van der Waals surface area contributed by atoms with Crippen molar-refractivity contribution in [3.63, 3.8) is 0 Å². The maximum atomic E-state index is 13.7. The SMILES string of the molecule is [C-]#[N+]c1cc(F)cc(-c2ccc(C(=O)Nc3cc(C(=O)CC4CC4)ccc3C)s2)c1. The minimum atomic E-state index is -0.485. The molecule has 1 heterocycles. The molecule has 4 rings (SSSR count). The van der Waals surface area contributed by atoms with Gasteiger partial charge in [-0.1, -0.05) is 12.1 Å². The molecule has 1 N–H and O–H groups in total. The zero-order chi connectivity index (χ0) is 21.3. The van der Waals surface area contributed by atoms with E-state index in [1.165, 1.54) is 23.5 Å². The Bertz CT molecular complexity index is 1190. The largest absolute Gasteiger partial charge is 0.321 e. The van der Waals surface area contributed by atoms with Gasteiger partial charge in [-0.3, -0.25) is 9.59 Å². The van der Waals surface area contributed by atoms with Gasteiger partial charge in [0.15, 0.2) is 11.5 Å². The first kappa shape index (κ1) is 20.0. The van der Waals surface area contributed by atoms with Crippen molar-refractivity contribution in [3.8, 4) is 10.4 Å². The highest BCUT2D eigenvalue weighted by Gasteiger charge is 2.25. The fourth-order valence-electron chi connectivity index (χ4n) is 3.21. The minimum absolute atomic E-state index is 0.105. The summed E-state index contributed by atoms with van der Waals surface area (Å²) >= 11 is 1.23. The summed E-state index contributed by atoms with van der Waals surface area (Å²) in [6.07, 6.45) is 2.79. The Morgan fingerprint density at radius 3 is 2.70 bits per heavy atom. The topological polar surface area (TPSA) is 50.5 Å². The highest BCUT2D eigenvalue weighted by molar-refractivity contribution is 7.17. The number of aryl methyl sites for hydroxylation is 1. The van der Waals surface area contributed by atoms with Crippen LogP contribution < -0.4 is 5.32 Å². The first-order valence-electron chi connectivity index (χ1n) is 9.66. The van der Waals surface area contributed by atoms with Gasteiger partial charge in [0, 0.05) is 22.5 Å². The summed E-state index contributed by atoms with van der Waals surface area (Å²) in [6.45, 7) is 8.96. The molecule has 30 heavy (non-hydrogen) atoms. The van der Waals surface area contributed by atoms with Crippen LogP contribution in [-0.2, 0) is 0 Å². The normalized spacial score (nSPS) is 13.0. The van der Waals surface area contributed by atoms with Gasteiger partial charge in [0.05, 0.1) is 11.4 Å². The summed E-state index contributed by atoms with van der Waals surface area (Å²) in [6, 6.07) is 12.9. The number of nitrogens with zero attached hydrogens (tertiary/aromatic N) is 1. The van der Waals surface area contributed by atoms with Crippen LogP contribution in [0.25, 0.3) is 15.3 Å². The average molecular weight is 418 g/mol. The molecule has 1 aliphatic carbocycles. The number of halogens is 1. The lowest BCUT2D eigenvalue weighted by molar-refractivity contribution is 0.0974. The molecule has 1 aliphatic rings. The molecule has 3 aromatic rings. The van der Waals surface area contributed by atoms with Crippen molar-refractivity contribution in [1.29, 1.82) is 0 Å². The Balaban J connectivity index is 1.53. The number of hydrogen-bond donors (Lipinski definition) is 1. The summed E-state index contributed by atoms with van der Waals surface area (Å²) in [4.78, 5) is 29.6. The van der Waals surface area contributed by atoms with Crippen LogP contribution in [0.15, 0.2) is 48.5 Å². The van der Waals surface area contributed by atoms with Gasteiger partial charge in [-0.15, -0.1) is 11.3 Å². The van der Waals surface area contributed by atoms with E-state index < -0.39 is 5.82 Å². The van der Waals surface area contributed by atoms with Crippen LogP contribution in [0.1, 0.15) is 44.9 Å². The Hall–Kier alpha value is -3.30. The first-order chi connectivity index (χ1) is 14.4. The van der Waals surface area contributed by atoms with Crippen molar-refractivity contribution < 1.29 is 14.0 Å². The summed E-state index contributed by atoms with van der Waals surface area (Å²) in [5, 5.41) is 2.89. The second kappa shape index (κ2) is 8.21. The molecule has 1 amide bonds. The van der Waals surface area contributed by atoms with Crippen molar-refractivity contribution in [3.05, 3.63) is 81.8 Å². The lowest BCUT2D eigenvalue weighted by Gasteiger charge is -2.10. The van der Waals surface area contributed by atoms with Gasteiger partial charge in [0.1, 0.15) is 5.82 Å². The number of amides is 1. The monoisotopic (exact) mass is 418 g/mol. The van der Waals surface area contributed by atoms with Crippen LogP contribution >= 0.6 is 11.3 Å². The standard InChI is InChI=1S/C24H19FN2O2S/c1-14-3-6-16(21(28)9-15-4-5-15)12-20(14)27-24(29)23-8-7-22(30-23)17-10-18(25)13-19(11-17)26-2/h3,6-8,10-13,15H,4-5,9H2,1H3,(H,27,29). The fourth-order valence-corrected chi connectivity index (χ4v) is 4.10. The molecule has 1 fully saturated rings. The van der Waals surface area contributed by atoms with E-state index in [1.807, 2.05) is 13.0 Å². The summed E-state index contributed by atoms with van der Waals surface area (Å²) < 4.78 is 13.7. The molecule has 0 atom stereocenters. The number of nitrogens with one attached hydrogen (secondary N) is 1. The van der Waals surface area contributed by atoms with Gasteiger partial charge in [-0.05, 0) is 73.2 Å². The molecule has 4 nitrogen and oxygen atoms in total. The summed E-state index contributed by atoms with van der Waals surface area (Å²) in [5.74, 6) is -0.162. The van der Waals surface area contributed by atoms with Crippen molar-refractivity contribution >= 4 is 34.4 Å². The van der Waals surface area contributed by atoms with Gasteiger partial charge in [-0.25, -0.2) is 9.24 Å². The van der Waals surface area contributed by atoms with Crippen molar-refractivity contribution in [2.24, 2.45) is 5.92 Å². The van der Waals surface area contributed by atoms with E-state index in [1.54, 1.807) is 30.3 Å². The zero-order valence-corrected chi connectivity index (χ0v) is 17.2. The second-order valence-electron chi connectivity index (χ2n) is 7.53. The van der Waals surface area contributed by atoms with Crippen LogP contribution in [-0.4, -0.2) is 11.7 Å². The van der Waals surface area contributed by atoms with Crippen molar-refractivity contribution in [2.45, 2.75) is 26.2 Å². The third-order valence-electron chi connectivity index (χ3n) is 5.10. The van der Waals surface area contributed by atoms with Crippen LogP contribution in [0.2, 0.25) is 0 Å². The maximum Gasteiger partial charge on any atom is 0.265 e. The molecule has 0 saturated heterocycles. The second-order valence-corrected chi connectivity index (χ2v) is 8.61. The number of thiophene rings is 1. The Kier molecular flexibility index (Phi) is 5.47. The number of rotatable bonds is 6. The van der Waals surface area contributed by atoms with Gasteiger partial charge in [-0.2, -0.15) is 0 Å². The van der Waals surface area contributed by atoms with E-state index in [0.29, 0.717) is 38.9 Å². The molecule has 0 radical (unpaired) electrons. The van der Waals surface area contributed by atoms with Crippen LogP contribution in [0.4, 0.5) is 15.8 Å². The molecular formula is C24H19FN2O2S. The van der Waals surface area contributed by atoms with E-state index in [2.05, 4.69) is 10.2 Å². The maximum absolute atomic E-state index is 13.7. The minimum Gasteiger partial charge on any atom is -0.321 e. The third kappa shape index (κ3) is 4.47. The van der Waals surface area contributed by atoms with E-state index in [4.69, 9.17) is 6.57 Å². The Labute approximate surface area is 178 Å². The number of carbonyl (C=O) groups is 2. The molecule has 2 aromatic carbocycles. The fraction of sp³-hybridized carbons (Fsp3) is 0.208. The van der Waals surface area contributed by atoms with Gasteiger partial charge in [0.25, 0.3) is 5.91 Å². The van der Waals surface area contributed by atoms with Gasteiger partial charge < -0.3 is 5.32 Å². The van der Waals surface area contributed by atoms with Gasteiger partial charge >= 0.3 is 0 Å². The van der Waals surface area contributed by atoms with Crippen LogP contribution in [0.3, 0.4) is 0 Å². The summed E-state index contributed by atoms with van der Waals surface area (Å²) in [5.41, 5.74) is 2.87. The molecule has 0 spiro atoms. The number of hydrogen-bond acceptors (Lipinski definition) is 3. The molecule has 1 saturated carbocycles. The average Bonchev–Trinajstić information content (AvgIpc) is 3.39. The van der Waals surface area contributed by atoms with Gasteiger partial charge in [0.2, 0.25) is 0 Å². The molecule has 1 aromatic heterocycles. The van der Waals surface area contributed by atoms with Crippen LogP contribution in [0.5, 0.6) is 0 Å². The molecule has 150 valence electrons. The highest BCUT2D eigenvalue weighted by Crippen LogP contribution is 2.34. The van der Waals surface area contributed by atoms with Crippen molar-refractivity contribution in [1.82, 2.24) is 0 Å². The highest BCUT2D eigenvalue weighted by atomic mass is 32.1. The number of ketones is 1. The Morgan fingerprint density at radius 2 is 1.97 bits per heavy atom.